The van der Waals surface area contributed by atoms with Gasteiger partial charge in [-0.05, 0) is 12.8 Å². The van der Waals surface area contributed by atoms with Gasteiger partial charge in [-0.25, -0.2) is 0 Å². The van der Waals surface area contributed by atoms with Gasteiger partial charge in [0.15, 0.2) is 0 Å². The van der Waals surface area contributed by atoms with E-state index in [0.29, 0.717) is 12.8 Å². The van der Waals surface area contributed by atoms with Crippen molar-refractivity contribution < 1.29 is 19.8 Å². The van der Waals surface area contributed by atoms with E-state index in [1.165, 1.54) is 179 Å². The number of hydrogen-bond donors (Lipinski definition) is 2. The summed E-state index contributed by atoms with van der Waals surface area (Å²) in [4.78, 5) is 23.7. The molecular formula is C40H78O4S. The lowest BCUT2D eigenvalue weighted by molar-refractivity contribution is -0.136. The standard InChI is InChI=1S/C40H78O4S/c1-3-5-7-9-11-13-15-17-19-21-23-25-27-29-31-33-35-37(39(41)42)45-38(40(43)44)36-34-32-30-28-26-24-22-20-18-16-14-12-10-8-6-4-2/h37-38H,3-36H2,1-2H3,(H,41,42)(H,43,44). The van der Waals surface area contributed by atoms with Gasteiger partial charge in [0.25, 0.3) is 0 Å². The fourth-order valence-corrected chi connectivity index (χ4v) is 7.69. The second kappa shape index (κ2) is 36.1. The fourth-order valence-electron chi connectivity index (χ4n) is 6.45. The van der Waals surface area contributed by atoms with Gasteiger partial charge in [0, 0.05) is 0 Å². The molecule has 2 unspecified atom stereocenters. The van der Waals surface area contributed by atoms with Gasteiger partial charge < -0.3 is 10.2 Å². The minimum atomic E-state index is -0.848. The summed E-state index contributed by atoms with van der Waals surface area (Å²) in [6.45, 7) is 4.55. The van der Waals surface area contributed by atoms with Gasteiger partial charge in [0.1, 0.15) is 10.5 Å². The van der Waals surface area contributed by atoms with Crippen molar-refractivity contribution in [1.82, 2.24) is 0 Å². The number of carboxylic acid groups (broad SMARTS) is 2. The van der Waals surface area contributed by atoms with Crippen LogP contribution in [0.4, 0.5) is 0 Å². The molecule has 5 heteroatoms. The molecule has 0 aromatic heterocycles. The topological polar surface area (TPSA) is 74.6 Å². The zero-order valence-electron chi connectivity index (χ0n) is 30.3. The van der Waals surface area contributed by atoms with Crippen LogP contribution in [0.3, 0.4) is 0 Å². The normalized spacial score (nSPS) is 12.8. The largest absolute Gasteiger partial charge is 0.480 e. The summed E-state index contributed by atoms with van der Waals surface area (Å²) < 4.78 is 0. The highest BCUT2D eigenvalue weighted by Crippen LogP contribution is 2.28. The van der Waals surface area contributed by atoms with Crippen molar-refractivity contribution in [3.05, 3.63) is 0 Å². The van der Waals surface area contributed by atoms with Gasteiger partial charge in [-0.15, -0.1) is 11.8 Å². The Balaban J connectivity index is 3.73. The van der Waals surface area contributed by atoms with Crippen molar-refractivity contribution in [2.45, 2.75) is 243 Å². The quantitative estimate of drug-likeness (QED) is 0.0648. The first kappa shape index (κ1) is 44.3. The number of unbranched alkanes of at least 4 members (excludes halogenated alkanes) is 30. The third kappa shape index (κ3) is 33.0. The van der Waals surface area contributed by atoms with E-state index in [2.05, 4.69) is 13.8 Å². The molecule has 0 aromatic carbocycles. The highest BCUT2D eigenvalue weighted by atomic mass is 32.2. The van der Waals surface area contributed by atoms with Crippen molar-refractivity contribution in [3.8, 4) is 0 Å². The zero-order valence-corrected chi connectivity index (χ0v) is 31.1. The van der Waals surface area contributed by atoms with E-state index in [4.69, 9.17) is 0 Å². The monoisotopic (exact) mass is 655 g/mol. The van der Waals surface area contributed by atoms with Crippen LogP contribution in [-0.4, -0.2) is 32.7 Å². The average Bonchev–Trinajstić information content (AvgIpc) is 3.02. The SMILES string of the molecule is CCCCCCCCCCCCCCCCCCC(SC(CCCCCCCCCCCCCCCCCC)C(=O)O)C(=O)O. The Morgan fingerprint density at radius 2 is 0.533 bits per heavy atom. The molecule has 0 aromatic rings. The molecular weight excluding hydrogens is 577 g/mol. The lowest BCUT2D eigenvalue weighted by atomic mass is 10.0. The molecule has 0 aliphatic heterocycles. The van der Waals surface area contributed by atoms with Gasteiger partial charge in [0.05, 0.1) is 0 Å². The van der Waals surface area contributed by atoms with E-state index >= 15 is 0 Å². The molecule has 2 N–H and O–H groups in total. The van der Waals surface area contributed by atoms with E-state index in [9.17, 15) is 19.8 Å². The summed E-state index contributed by atoms with van der Waals surface area (Å²) in [5.41, 5.74) is 0. The van der Waals surface area contributed by atoms with E-state index in [1.54, 1.807) is 0 Å². The molecule has 0 aliphatic rings. The van der Waals surface area contributed by atoms with Crippen LogP contribution in [0.2, 0.25) is 0 Å². The number of hydrogen-bond acceptors (Lipinski definition) is 3. The van der Waals surface area contributed by atoms with Crippen LogP contribution in [0.15, 0.2) is 0 Å². The number of carboxylic acids is 2. The van der Waals surface area contributed by atoms with Gasteiger partial charge in [-0.1, -0.05) is 219 Å². The molecule has 0 saturated heterocycles. The Kier molecular flexibility index (Phi) is 35.6. The van der Waals surface area contributed by atoms with Gasteiger partial charge in [0.2, 0.25) is 0 Å². The molecule has 0 spiro atoms. The molecule has 0 amide bonds. The summed E-state index contributed by atoms with van der Waals surface area (Å²) in [6, 6.07) is 0. The highest BCUT2D eigenvalue weighted by molar-refractivity contribution is 8.01. The Labute approximate surface area is 285 Å². The van der Waals surface area contributed by atoms with Crippen LogP contribution in [0, 0.1) is 0 Å². The van der Waals surface area contributed by atoms with Crippen LogP contribution >= 0.6 is 11.8 Å². The van der Waals surface area contributed by atoms with Crippen LogP contribution < -0.4 is 0 Å². The summed E-state index contributed by atoms with van der Waals surface area (Å²) >= 11 is 1.18. The first-order valence-corrected chi connectivity index (χ1v) is 21.1. The lowest BCUT2D eigenvalue weighted by Crippen LogP contribution is -2.25. The second-order valence-electron chi connectivity index (χ2n) is 14.0. The average molecular weight is 655 g/mol. The van der Waals surface area contributed by atoms with Crippen LogP contribution in [0.25, 0.3) is 0 Å². The number of rotatable bonds is 38. The predicted molar refractivity (Wildman–Crippen MR) is 199 cm³/mol. The molecule has 268 valence electrons. The minimum Gasteiger partial charge on any atom is -0.480 e. The lowest BCUT2D eigenvalue weighted by Gasteiger charge is -2.18. The molecule has 0 aliphatic carbocycles. The van der Waals surface area contributed by atoms with Crippen molar-refractivity contribution >= 4 is 23.7 Å². The molecule has 45 heavy (non-hydrogen) atoms. The smallest absolute Gasteiger partial charge is 0.316 e. The first-order chi connectivity index (χ1) is 22.0. The number of aliphatic carboxylic acids is 2. The van der Waals surface area contributed by atoms with E-state index in [-0.39, 0.29) is 0 Å². The highest BCUT2D eigenvalue weighted by Gasteiger charge is 2.27. The molecule has 2 atom stereocenters. The maximum Gasteiger partial charge on any atom is 0.316 e. The third-order valence-electron chi connectivity index (χ3n) is 9.52. The van der Waals surface area contributed by atoms with Crippen molar-refractivity contribution in [1.29, 1.82) is 0 Å². The number of thioether (sulfide) groups is 1. The summed E-state index contributed by atoms with van der Waals surface area (Å²) in [7, 11) is 0. The van der Waals surface area contributed by atoms with Crippen LogP contribution in [0.1, 0.15) is 232 Å². The maximum absolute atomic E-state index is 11.9. The summed E-state index contributed by atoms with van der Waals surface area (Å²) in [6.07, 6.45) is 42.8. The Bertz CT molecular complexity index is 573. The molecule has 0 fully saturated rings. The molecule has 0 heterocycles. The minimum absolute atomic E-state index is 0.585. The third-order valence-corrected chi connectivity index (χ3v) is 11.1. The summed E-state index contributed by atoms with van der Waals surface area (Å²) in [5.74, 6) is -1.70. The zero-order chi connectivity index (χ0) is 33.1. The van der Waals surface area contributed by atoms with Gasteiger partial charge >= 0.3 is 11.9 Å². The van der Waals surface area contributed by atoms with E-state index in [0.717, 1.165) is 38.5 Å². The fraction of sp³-hybridized carbons (Fsp3) is 0.950. The maximum atomic E-state index is 11.9. The van der Waals surface area contributed by atoms with Crippen molar-refractivity contribution in [3.63, 3.8) is 0 Å². The van der Waals surface area contributed by atoms with Crippen molar-refractivity contribution in [2.24, 2.45) is 0 Å². The van der Waals surface area contributed by atoms with Crippen LogP contribution in [-0.2, 0) is 9.59 Å². The van der Waals surface area contributed by atoms with Gasteiger partial charge in [-0.3, -0.25) is 9.59 Å². The Morgan fingerprint density at radius 3 is 0.711 bits per heavy atom. The molecule has 0 saturated carbocycles. The Hall–Kier alpha value is -0.710. The first-order valence-electron chi connectivity index (χ1n) is 20.1. The van der Waals surface area contributed by atoms with Crippen molar-refractivity contribution in [2.75, 3.05) is 0 Å². The molecule has 0 radical (unpaired) electrons. The molecule has 4 nitrogen and oxygen atoms in total. The Morgan fingerprint density at radius 1 is 0.356 bits per heavy atom. The molecule has 0 bridgehead atoms. The predicted octanol–water partition coefficient (Wildman–Crippen LogP) is 13.9. The van der Waals surface area contributed by atoms with Crippen LogP contribution in [0.5, 0.6) is 0 Å². The number of carbonyl (C=O) groups is 2. The molecule has 0 rings (SSSR count). The summed E-state index contributed by atoms with van der Waals surface area (Å²) in [5, 5.41) is 18.3. The van der Waals surface area contributed by atoms with E-state index in [1.807, 2.05) is 0 Å². The second-order valence-corrected chi connectivity index (χ2v) is 15.4. The van der Waals surface area contributed by atoms with E-state index < -0.39 is 22.4 Å². The van der Waals surface area contributed by atoms with Gasteiger partial charge in [-0.2, -0.15) is 0 Å².